The fraction of sp³-hybridized carbons (Fsp3) is 0.588. The fourth-order valence-electron chi connectivity index (χ4n) is 3.49. The second-order valence-electron chi connectivity index (χ2n) is 6.33. The van der Waals surface area contributed by atoms with Crippen molar-refractivity contribution < 1.29 is 4.74 Å². The molecule has 25 heavy (non-hydrogen) atoms. The zero-order chi connectivity index (χ0) is 17.8. The topological polar surface area (TPSA) is 80.1 Å². The molecule has 136 valence electrons. The Morgan fingerprint density at radius 3 is 2.96 bits per heavy atom. The molecule has 1 unspecified atom stereocenters. The molecule has 0 amide bonds. The van der Waals surface area contributed by atoms with E-state index in [1.807, 2.05) is 27.1 Å². The van der Waals surface area contributed by atoms with E-state index in [1.54, 1.807) is 18.1 Å². The van der Waals surface area contributed by atoms with Crippen LogP contribution in [0.4, 0.5) is 11.6 Å². The van der Waals surface area contributed by atoms with E-state index in [0.717, 1.165) is 54.8 Å². The predicted octanol–water partition coefficient (Wildman–Crippen LogP) is 1.33. The molecule has 2 aromatic rings. The van der Waals surface area contributed by atoms with Crippen molar-refractivity contribution in [2.45, 2.75) is 32.4 Å². The van der Waals surface area contributed by atoms with Crippen molar-refractivity contribution in [3.8, 4) is 5.88 Å². The van der Waals surface area contributed by atoms with Gasteiger partial charge in [-0.15, -0.1) is 0 Å². The van der Waals surface area contributed by atoms with Crippen LogP contribution in [0.25, 0.3) is 0 Å². The molecule has 1 saturated heterocycles. The van der Waals surface area contributed by atoms with Gasteiger partial charge in [0.15, 0.2) is 0 Å². The van der Waals surface area contributed by atoms with Crippen molar-refractivity contribution in [1.82, 2.24) is 25.1 Å². The first-order valence-corrected chi connectivity index (χ1v) is 8.67. The van der Waals surface area contributed by atoms with E-state index < -0.39 is 0 Å². The van der Waals surface area contributed by atoms with E-state index in [9.17, 15) is 0 Å². The average Bonchev–Trinajstić information content (AvgIpc) is 3.19. The van der Waals surface area contributed by atoms with Gasteiger partial charge < -0.3 is 20.3 Å². The highest BCUT2D eigenvalue weighted by Gasteiger charge is 2.26. The average molecular weight is 345 g/mol. The molecular weight excluding hydrogens is 318 g/mol. The maximum absolute atomic E-state index is 5.46. The molecule has 0 spiro atoms. The van der Waals surface area contributed by atoms with Crippen LogP contribution in [0.2, 0.25) is 0 Å². The van der Waals surface area contributed by atoms with E-state index in [-0.39, 0.29) is 0 Å². The Hall–Kier alpha value is -2.35. The Balaban J connectivity index is 1.63. The number of aryl methyl sites for hydroxylation is 2. The highest BCUT2D eigenvalue weighted by Crippen LogP contribution is 2.25. The van der Waals surface area contributed by atoms with Crippen LogP contribution in [-0.2, 0) is 13.6 Å². The van der Waals surface area contributed by atoms with Crippen LogP contribution in [-0.4, -0.2) is 53.0 Å². The number of nitrogens with zero attached hydrogens (tertiary/aromatic N) is 5. The first-order valence-electron chi connectivity index (χ1n) is 8.67. The minimum Gasteiger partial charge on any atom is -0.481 e. The molecule has 2 aromatic heterocycles. The van der Waals surface area contributed by atoms with Crippen molar-refractivity contribution in [1.29, 1.82) is 0 Å². The normalized spacial score (nSPS) is 17.1. The molecule has 3 heterocycles. The quantitative estimate of drug-likeness (QED) is 0.783. The molecule has 8 heteroatoms. The minimum absolute atomic E-state index is 0.433. The Kier molecular flexibility index (Phi) is 5.37. The summed E-state index contributed by atoms with van der Waals surface area (Å²) in [6, 6.07) is 2.44. The SMILES string of the molecule is CNc1cc(N2CCCC2CNCc2c(C)nn(C)c2OC)ncn1. The molecule has 1 atom stereocenters. The molecule has 0 radical (unpaired) electrons. The van der Waals surface area contributed by atoms with Gasteiger partial charge in [0.05, 0.1) is 18.4 Å². The molecular formula is C17H27N7O. The van der Waals surface area contributed by atoms with E-state index in [0.29, 0.717) is 6.04 Å². The van der Waals surface area contributed by atoms with Gasteiger partial charge in [-0.3, -0.25) is 0 Å². The fourth-order valence-corrected chi connectivity index (χ4v) is 3.49. The number of rotatable bonds is 7. The maximum atomic E-state index is 5.46. The van der Waals surface area contributed by atoms with Gasteiger partial charge in [-0.25, -0.2) is 14.6 Å². The van der Waals surface area contributed by atoms with Crippen molar-refractivity contribution in [2.75, 3.05) is 37.5 Å². The summed E-state index contributed by atoms with van der Waals surface area (Å²) in [5.41, 5.74) is 2.12. The second kappa shape index (κ2) is 7.69. The van der Waals surface area contributed by atoms with Gasteiger partial charge in [-0.05, 0) is 19.8 Å². The molecule has 3 rings (SSSR count). The molecule has 2 N–H and O–H groups in total. The zero-order valence-electron chi connectivity index (χ0n) is 15.4. The molecule has 8 nitrogen and oxygen atoms in total. The van der Waals surface area contributed by atoms with E-state index in [4.69, 9.17) is 4.74 Å². The summed E-state index contributed by atoms with van der Waals surface area (Å²) in [7, 11) is 5.47. The van der Waals surface area contributed by atoms with Crippen molar-refractivity contribution in [3.05, 3.63) is 23.7 Å². The lowest BCUT2D eigenvalue weighted by molar-refractivity contribution is 0.367. The summed E-state index contributed by atoms with van der Waals surface area (Å²) in [4.78, 5) is 11.0. The Bertz CT molecular complexity index is 715. The first-order chi connectivity index (χ1) is 12.1. The summed E-state index contributed by atoms with van der Waals surface area (Å²) in [5.74, 6) is 2.65. The third-order valence-corrected chi connectivity index (χ3v) is 4.74. The number of nitrogens with one attached hydrogen (secondary N) is 2. The van der Waals surface area contributed by atoms with Gasteiger partial charge in [-0.2, -0.15) is 5.10 Å². The number of aromatic nitrogens is 4. The lowest BCUT2D eigenvalue weighted by atomic mass is 10.2. The highest BCUT2D eigenvalue weighted by molar-refractivity contribution is 5.49. The number of ether oxygens (including phenoxy) is 1. The van der Waals surface area contributed by atoms with Gasteiger partial charge in [0.25, 0.3) is 0 Å². The van der Waals surface area contributed by atoms with Crippen LogP contribution in [0.3, 0.4) is 0 Å². The number of hydrogen-bond donors (Lipinski definition) is 2. The van der Waals surface area contributed by atoms with E-state index >= 15 is 0 Å². The number of hydrogen-bond acceptors (Lipinski definition) is 7. The molecule has 1 aliphatic heterocycles. The number of methoxy groups -OCH3 is 1. The molecule has 0 saturated carbocycles. The van der Waals surface area contributed by atoms with Crippen LogP contribution in [0.5, 0.6) is 5.88 Å². The second-order valence-corrected chi connectivity index (χ2v) is 6.33. The van der Waals surface area contributed by atoms with Gasteiger partial charge in [-0.1, -0.05) is 0 Å². The van der Waals surface area contributed by atoms with Crippen LogP contribution < -0.4 is 20.3 Å². The van der Waals surface area contributed by atoms with E-state index in [1.165, 1.54) is 6.42 Å². The lowest BCUT2D eigenvalue weighted by Crippen LogP contribution is -2.38. The zero-order valence-corrected chi connectivity index (χ0v) is 15.4. The highest BCUT2D eigenvalue weighted by atomic mass is 16.5. The Morgan fingerprint density at radius 1 is 1.36 bits per heavy atom. The smallest absolute Gasteiger partial charge is 0.216 e. The lowest BCUT2D eigenvalue weighted by Gasteiger charge is -2.26. The first kappa shape index (κ1) is 17.5. The molecule has 0 aliphatic carbocycles. The van der Waals surface area contributed by atoms with Gasteiger partial charge >= 0.3 is 0 Å². The molecule has 0 aromatic carbocycles. The van der Waals surface area contributed by atoms with E-state index in [2.05, 4.69) is 30.6 Å². The predicted molar refractivity (Wildman–Crippen MR) is 98.2 cm³/mol. The van der Waals surface area contributed by atoms with Crippen LogP contribution in [0, 0.1) is 6.92 Å². The standard InChI is InChI=1S/C17H27N7O/c1-12-14(17(25-4)23(3)22-12)10-19-9-13-6-5-7-24(13)16-8-15(18-2)20-11-21-16/h8,11,13,19H,5-7,9-10H2,1-4H3,(H,18,20,21). The van der Waals surface area contributed by atoms with Gasteiger partial charge in [0.2, 0.25) is 5.88 Å². The van der Waals surface area contributed by atoms with Crippen LogP contribution in [0.1, 0.15) is 24.1 Å². The van der Waals surface area contributed by atoms with Crippen LogP contribution >= 0.6 is 0 Å². The number of anilines is 2. The molecule has 0 bridgehead atoms. The largest absolute Gasteiger partial charge is 0.481 e. The summed E-state index contributed by atoms with van der Waals surface area (Å²) >= 11 is 0. The summed E-state index contributed by atoms with van der Waals surface area (Å²) in [6.45, 7) is 4.69. The van der Waals surface area contributed by atoms with Crippen molar-refractivity contribution in [2.24, 2.45) is 7.05 Å². The third-order valence-electron chi connectivity index (χ3n) is 4.74. The Morgan fingerprint density at radius 2 is 2.20 bits per heavy atom. The summed E-state index contributed by atoms with van der Waals surface area (Å²) in [6.07, 6.45) is 3.96. The summed E-state index contributed by atoms with van der Waals surface area (Å²) < 4.78 is 7.25. The Labute approximate surface area is 148 Å². The van der Waals surface area contributed by atoms with Crippen molar-refractivity contribution >= 4 is 11.6 Å². The van der Waals surface area contributed by atoms with Gasteiger partial charge in [0, 0.05) is 45.8 Å². The minimum atomic E-state index is 0.433. The molecule has 1 aliphatic rings. The van der Waals surface area contributed by atoms with Gasteiger partial charge in [0.1, 0.15) is 18.0 Å². The van der Waals surface area contributed by atoms with Crippen molar-refractivity contribution in [3.63, 3.8) is 0 Å². The maximum Gasteiger partial charge on any atom is 0.216 e. The monoisotopic (exact) mass is 345 g/mol. The third kappa shape index (κ3) is 3.68. The molecule has 1 fully saturated rings. The van der Waals surface area contributed by atoms with Crippen LogP contribution in [0.15, 0.2) is 12.4 Å². The summed E-state index contributed by atoms with van der Waals surface area (Å²) in [5, 5.41) is 11.1.